The fourth-order valence-corrected chi connectivity index (χ4v) is 4.20. The van der Waals surface area contributed by atoms with Crippen LogP contribution in [0.15, 0.2) is 24.3 Å². The third-order valence-corrected chi connectivity index (χ3v) is 5.68. The highest BCUT2D eigenvalue weighted by Gasteiger charge is 2.17. The van der Waals surface area contributed by atoms with E-state index in [9.17, 15) is 9.59 Å². The van der Waals surface area contributed by atoms with Gasteiger partial charge in [-0.3, -0.25) is 14.3 Å². The molecule has 2 amide bonds. The van der Waals surface area contributed by atoms with E-state index < -0.39 is 0 Å². The highest BCUT2D eigenvalue weighted by molar-refractivity contribution is 7.20. The van der Waals surface area contributed by atoms with E-state index in [-0.39, 0.29) is 18.4 Å². The van der Waals surface area contributed by atoms with E-state index in [1.165, 1.54) is 11.3 Å². The van der Waals surface area contributed by atoms with Gasteiger partial charge in [-0.2, -0.15) is 5.10 Å². The van der Waals surface area contributed by atoms with Crippen molar-refractivity contribution in [3.8, 4) is 0 Å². The van der Waals surface area contributed by atoms with Crippen LogP contribution in [0.5, 0.6) is 0 Å². The third kappa shape index (κ3) is 4.43. The van der Waals surface area contributed by atoms with Crippen molar-refractivity contribution in [2.75, 3.05) is 13.1 Å². The Morgan fingerprint density at radius 2 is 2.00 bits per heavy atom. The van der Waals surface area contributed by atoms with Crippen molar-refractivity contribution in [2.45, 2.75) is 20.4 Å². The lowest BCUT2D eigenvalue weighted by molar-refractivity contribution is -0.120. The zero-order valence-electron chi connectivity index (χ0n) is 14.8. The number of carbonyl (C=O) groups excluding carboxylic acids is 2. The highest BCUT2D eigenvalue weighted by atomic mass is 35.5. The van der Waals surface area contributed by atoms with Crippen LogP contribution in [0.2, 0.25) is 10.0 Å². The summed E-state index contributed by atoms with van der Waals surface area (Å²) in [7, 11) is 0. The largest absolute Gasteiger partial charge is 0.355 e. The van der Waals surface area contributed by atoms with Gasteiger partial charge in [0, 0.05) is 22.0 Å². The van der Waals surface area contributed by atoms with Crippen LogP contribution >= 0.6 is 34.5 Å². The van der Waals surface area contributed by atoms with E-state index in [4.69, 9.17) is 23.2 Å². The van der Waals surface area contributed by atoms with Crippen LogP contribution in [0.1, 0.15) is 27.9 Å². The number of carbonyl (C=O) groups is 2. The molecular formula is C18H18Cl2N4O2S. The standard InChI is InChI=1S/C18H18Cl2N4O2S/c1-3-21-16(25)8-22-17(26)15-7-13-10(2)23-24(18(13)27-15)9-11-4-5-12(19)6-14(11)20/h4-7H,3,8-9H2,1-2H3,(H,21,25)(H,22,26). The number of nitrogens with zero attached hydrogens (tertiary/aromatic N) is 2. The molecular weight excluding hydrogens is 407 g/mol. The van der Waals surface area contributed by atoms with Crippen molar-refractivity contribution in [3.05, 3.63) is 50.4 Å². The predicted molar refractivity (Wildman–Crippen MR) is 109 cm³/mol. The van der Waals surface area contributed by atoms with Crippen molar-refractivity contribution in [2.24, 2.45) is 0 Å². The van der Waals surface area contributed by atoms with Crippen molar-refractivity contribution in [1.29, 1.82) is 0 Å². The lowest BCUT2D eigenvalue weighted by atomic mass is 10.2. The van der Waals surface area contributed by atoms with E-state index in [2.05, 4.69) is 15.7 Å². The summed E-state index contributed by atoms with van der Waals surface area (Å²) in [5, 5.41) is 11.9. The topological polar surface area (TPSA) is 76.0 Å². The average Bonchev–Trinajstić information content (AvgIpc) is 3.17. The Morgan fingerprint density at radius 3 is 2.70 bits per heavy atom. The Balaban J connectivity index is 1.82. The Labute approximate surface area is 170 Å². The lowest BCUT2D eigenvalue weighted by Crippen LogP contribution is -2.36. The van der Waals surface area contributed by atoms with Crippen LogP contribution < -0.4 is 10.6 Å². The van der Waals surface area contributed by atoms with Gasteiger partial charge >= 0.3 is 0 Å². The SMILES string of the molecule is CCNC(=O)CNC(=O)c1cc2c(C)nn(Cc3ccc(Cl)cc3Cl)c2s1. The molecule has 0 radical (unpaired) electrons. The fourth-order valence-electron chi connectivity index (χ4n) is 2.65. The quantitative estimate of drug-likeness (QED) is 0.634. The summed E-state index contributed by atoms with van der Waals surface area (Å²) < 4.78 is 1.82. The Morgan fingerprint density at radius 1 is 1.22 bits per heavy atom. The summed E-state index contributed by atoms with van der Waals surface area (Å²) in [6.45, 7) is 4.67. The Kier molecular flexibility index (Phi) is 6.04. The van der Waals surface area contributed by atoms with Gasteiger partial charge < -0.3 is 10.6 Å². The van der Waals surface area contributed by atoms with Gasteiger partial charge in [0.25, 0.3) is 5.91 Å². The van der Waals surface area contributed by atoms with Crippen molar-refractivity contribution in [3.63, 3.8) is 0 Å². The summed E-state index contributed by atoms with van der Waals surface area (Å²) in [6.07, 6.45) is 0. The van der Waals surface area contributed by atoms with Gasteiger partial charge in [-0.15, -0.1) is 11.3 Å². The number of nitrogens with one attached hydrogen (secondary N) is 2. The molecule has 9 heteroatoms. The van der Waals surface area contributed by atoms with Crippen LogP contribution in [0.25, 0.3) is 10.2 Å². The molecule has 0 aliphatic heterocycles. The van der Waals surface area contributed by atoms with Gasteiger partial charge in [0.15, 0.2) is 0 Å². The molecule has 2 aromatic heterocycles. The van der Waals surface area contributed by atoms with Crippen molar-refractivity contribution in [1.82, 2.24) is 20.4 Å². The predicted octanol–water partition coefficient (Wildman–Crippen LogP) is 3.63. The fraction of sp³-hybridized carbons (Fsp3) is 0.278. The number of aryl methyl sites for hydroxylation is 1. The minimum absolute atomic E-state index is 0.0492. The second-order valence-corrected chi connectivity index (χ2v) is 7.82. The maximum absolute atomic E-state index is 12.3. The van der Waals surface area contributed by atoms with Gasteiger partial charge in [-0.25, -0.2) is 0 Å². The monoisotopic (exact) mass is 424 g/mol. The zero-order valence-corrected chi connectivity index (χ0v) is 17.1. The Hall–Kier alpha value is -2.09. The molecule has 27 heavy (non-hydrogen) atoms. The number of hydrogen-bond donors (Lipinski definition) is 2. The molecule has 0 bridgehead atoms. The Bertz CT molecular complexity index is 1010. The van der Waals surface area contributed by atoms with Gasteiger partial charge in [0.2, 0.25) is 5.91 Å². The van der Waals surface area contributed by atoms with Gasteiger partial charge in [0.1, 0.15) is 4.83 Å². The number of thiophene rings is 1. The van der Waals surface area contributed by atoms with E-state index >= 15 is 0 Å². The van der Waals surface area contributed by atoms with Crippen LogP contribution in [0.4, 0.5) is 0 Å². The molecule has 1 aromatic carbocycles. The number of aromatic nitrogens is 2. The second-order valence-electron chi connectivity index (χ2n) is 5.94. The number of likely N-dealkylation sites (N-methyl/N-ethyl adjacent to an activating group) is 1. The number of hydrogen-bond acceptors (Lipinski definition) is 4. The number of rotatable bonds is 6. The number of amides is 2. The van der Waals surface area contributed by atoms with E-state index in [1.807, 2.05) is 24.6 Å². The van der Waals surface area contributed by atoms with Crippen molar-refractivity contribution >= 4 is 56.6 Å². The van der Waals surface area contributed by atoms with Crippen LogP contribution in [0.3, 0.4) is 0 Å². The first-order chi connectivity index (χ1) is 12.9. The zero-order chi connectivity index (χ0) is 19.6. The summed E-state index contributed by atoms with van der Waals surface area (Å²) in [6, 6.07) is 7.14. The molecule has 0 atom stereocenters. The van der Waals surface area contributed by atoms with Crippen LogP contribution in [0, 0.1) is 6.92 Å². The average molecular weight is 425 g/mol. The molecule has 0 aliphatic rings. The van der Waals surface area contributed by atoms with Gasteiger partial charge in [0.05, 0.1) is 23.7 Å². The van der Waals surface area contributed by atoms with Crippen LogP contribution in [-0.2, 0) is 11.3 Å². The van der Waals surface area contributed by atoms with Gasteiger partial charge in [-0.05, 0) is 37.6 Å². The molecule has 3 rings (SSSR count). The molecule has 2 heterocycles. The summed E-state index contributed by atoms with van der Waals surface area (Å²) in [5.41, 5.74) is 1.72. The first-order valence-corrected chi connectivity index (χ1v) is 9.92. The van der Waals surface area contributed by atoms with E-state index in [0.717, 1.165) is 21.5 Å². The van der Waals surface area contributed by atoms with Crippen LogP contribution in [-0.4, -0.2) is 34.7 Å². The molecule has 0 saturated carbocycles. The number of fused-ring (bicyclic) bond motifs is 1. The molecule has 0 fully saturated rings. The minimum Gasteiger partial charge on any atom is -0.355 e. The summed E-state index contributed by atoms with van der Waals surface area (Å²) in [4.78, 5) is 25.3. The van der Waals surface area contributed by atoms with E-state index in [0.29, 0.717) is 28.0 Å². The summed E-state index contributed by atoms with van der Waals surface area (Å²) >= 11 is 13.6. The first-order valence-electron chi connectivity index (χ1n) is 8.34. The summed E-state index contributed by atoms with van der Waals surface area (Å²) in [5.74, 6) is -0.496. The molecule has 6 nitrogen and oxygen atoms in total. The maximum atomic E-state index is 12.3. The molecule has 0 aliphatic carbocycles. The molecule has 0 saturated heterocycles. The molecule has 2 N–H and O–H groups in total. The smallest absolute Gasteiger partial charge is 0.261 e. The molecule has 0 unspecified atom stereocenters. The number of benzene rings is 1. The third-order valence-electron chi connectivity index (χ3n) is 3.95. The highest BCUT2D eigenvalue weighted by Crippen LogP contribution is 2.30. The lowest BCUT2D eigenvalue weighted by Gasteiger charge is -2.06. The minimum atomic E-state index is -0.280. The van der Waals surface area contributed by atoms with Crippen molar-refractivity contribution < 1.29 is 9.59 Å². The second kappa shape index (κ2) is 8.29. The molecule has 142 valence electrons. The van der Waals surface area contributed by atoms with E-state index in [1.54, 1.807) is 18.2 Å². The number of halogens is 2. The van der Waals surface area contributed by atoms with Gasteiger partial charge in [-0.1, -0.05) is 29.3 Å². The molecule has 3 aromatic rings. The maximum Gasteiger partial charge on any atom is 0.261 e. The molecule has 0 spiro atoms. The normalized spacial score (nSPS) is 11.0. The first kappa shape index (κ1) is 19.7.